The van der Waals surface area contributed by atoms with Crippen LogP contribution in [0.15, 0.2) is 60.7 Å². The zero-order valence-electron chi connectivity index (χ0n) is 14.3. The number of aliphatic hydroxyl groups excluding tert-OH is 3. The van der Waals surface area contributed by atoms with Gasteiger partial charge in [0.1, 0.15) is 18.3 Å². The van der Waals surface area contributed by atoms with E-state index in [-0.39, 0.29) is 0 Å². The van der Waals surface area contributed by atoms with E-state index in [4.69, 9.17) is 17.0 Å². The largest absolute Gasteiger partial charge is 0.394 e. The summed E-state index contributed by atoms with van der Waals surface area (Å²) in [7, 11) is 0. The van der Waals surface area contributed by atoms with Crippen molar-refractivity contribution < 1.29 is 20.1 Å². The summed E-state index contributed by atoms with van der Waals surface area (Å²) < 4.78 is 9.10. The summed E-state index contributed by atoms with van der Waals surface area (Å²) in [5.41, 5.74) is 1.66. The lowest BCUT2D eigenvalue weighted by Gasteiger charge is -2.14. The van der Waals surface area contributed by atoms with Crippen LogP contribution in [0.4, 0.5) is 0 Å². The Bertz CT molecular complexity index is 974. The normalized spacial score (nSPS) is 25.0. The lowest BCUT2D eigenvalue weighted by atomic mass is 10.1. The van der Waals surface area contributed by atoms with Gasteiger partial charge in [0.2, 0.25) is 4.77 Å². The first-order chi connectivity index (χ1) is 13.1. The molecule has 4 atom stereocenters. The Labute approximate surface area is 160 Å². The Morgan fingerprint density at radius 2 is 1.59 bits per heavy atom. The molecule has 2 aromatic carbocycles. The van der Waals surface area contributed by atoms with Crippen molar-refractivity contribution in [2.75, 3.05) is 6.61 Å². The van der Waals surface area contributed by atoms with Gasteiger partial charge in [0.05, 0.1) is 6.61 Å². The highest BCUT2D eigenvalue weighted by Gasteiger charge is 2.44. The molecule has 1 fully saturated rings. The third-order valence-electron chi connectivity index (χ3n) is 4.61. The third-order valence-corrected chi connectivity index (χ3v) is 4.98. The zero-order chi connectivity index (χ0) is 19.0. The minimum Gasteiger partial charge on any atom is -0.394 e. The van der Waals surface area contributed by atoms with Crippen LogP contribution in [-0.2, 0) is 4.74 Å². The standard InChI is InChI=1S/C19H19N3O4S/c23-11-14-15(24)16(25)18(26-14)22-19(27)21(13-9-5-2-6-10-13)17(20-22)12-7-3-1-4-8-12/h1-10,14-16,18,23-25H,11H2/t14-,15+,16-,18+/m0/s1. The predicted molar refractivity (Wildman–Crippen MR) is 101 cm³/mol. The van der Waals surface area contributed by atoms with Crippen molar-refractivity contribution in [3.63, 3.8) is 0 Å². The molecular weight excluding hydrogens is 366 g/mol. The topological polar surface area (TPSA) is 92.7 Å². The summed E-state index contributed by atoms with van der Waals surface area (Å²) in [6.07, 6.45) is -4.36. The van der Waals surface area contributed by atoms with Crippen molar-refractivity contribution in [3.8, 4) is 17.1 Å². The van der Waals surface area contributed by atoms with E-state index in [0.29, 0.717) is 10.6 Å². The molecule has 0 radical (unpaired) electrons. The Balaban J connectivity index is 1.88. The lowest BCUT2D eigenvalue weighted by Crippen LogP contribution is -2.33. The van der Waals surface area contributed by atoms with E-state index in [1.54, 1.807) is 4.57 Å². The van der Waals surface area contributed by atoms with E-state index in [1.807, 2.05) is 60.7 Å². The average molecular weight is 385 g/mol. The second-order valence-corrected chi connectivity index (χ2v) is 6.68. The van der Waals surface area contributed by atoms with E-state index in [2.05, 4.69) is 5.10 Å². The molecule has 140 valence electrons. The van der Waals surface area contributed by atoms with Crippen molar-refractivity contribution in [1.82, 2.24) is 14.3 Å². The van der Waals surface area contributed by atoms with Gasteiger partial charge >= 0.3 is 0 Å². The van der Waals surface area contributed by atoms with Gasteiger partial charge in [-0.2, -0.15) is 0 Å². The second kappa shape index (κ2) is 7.34. The summed E-state index contributed by atoms with van der Waals surface area (Å²) in [4.78, 5) is 0. The van der Waals surface area contributed by atoms with Crippen molar-refractivity contribution in [3.05, 3.63) is 65.4 Å². The molecule has 3 aromatic rings. The van der Waals surface area contributed by atoms with Crippen molar-refractivity contribution in [1.29, 1.82) is 0 Å². The first-order valence-electron chi connectivity index (χ1n) is 8.56. The summed E-state index contributed by atoms with van der Waals surface area (Å²) >= 11 is 5.63. The van der Waals surface area contributed by atoms with E-state index in [1.165, 1.54) is 4.68 Å². The molecule has 27 heavy (non-hydrogen) atoms. The Morgan fingerprint density at radius 1 is 0.963 bits per heavy atom. The van der Waals surface area contributed by atoms with Crippen molar-refractivity contribution in [2.45, 2.75) is 24.5 Å². The molecule has 0 spiro atoms. The van der Waals surface area contributed by atoms with Gasteiger partial charge in [-0.25, -0.2) is 4.68 Å². The minimum absolute atomic E-state index is 0.315. The maximum atomic E-state index is 10.4. The van der Waals surface area contributed by atoms with Crippen molar-refractivity contribution in [2.24, 2.45) is 0 Å². The fraction of sp³-hybridized carbons (Fsp3) is 0.263. The maximum Gasteiger partial charge on any atom is 0.205 e. The predicted octanol–water partition coefficient (Wildman–Crippen LogP) is 1.68. The molecule has 4 rings (SSSR count). The van der Waals surface area contributed by atoms with E-state index in [9.17, 15) is 15.3 Å². The number of rotatable bonds is 4. The molecule has 1 saturated heterocycles. The van der Waals surface area contributed by atoms with E-state index >= 15 is 0 Å². The summed E-state index contributed by atoms with van der Waals surface area (Å²) in [5, 5.41) is 34.4. The molecule has 0 bridgehead atoms. The average Bonchev–Trinajstić information content (AvgIpc) is 3.20. The van der Waals surface area contributed by atoms with E-state index in [0.717, 1.165) is 11.3 Å². The van der Waals surface area contributed by atoms with Crippen LogP contribution >= 0.6 is 12.2 Å². The van der Waals surface area contributed by atoms with Gasteiger partial charge in [0.15, 0.2) is 12.1 Å². The van der Waals surface area contributed by atoms with Crippen LogP contribution in [0.1, 0.15) is 6.23 Å². The number of para-hydroxylation sites is 1. The number of ether oxygens (including phenoxy) is 1. The number of nitrogens with zero attached hydrogens (tertiary/aromatic N) is 3. The molecule has 7 nitrogen and oxygen atoms in total. The molecule has 1 aliphatic rings. The Kier molecular flexibility index (Phi) is 4.90. The number of aromatic nitrogens is 3. The van der Waals surface area contributed by atoms with Gasteiger partial charge in [0.25, 0.3) is 0 Å². The Hall–Kier alpha value is -2.36. The molecule has 1 aromatic heterocycles. The molecule has 0 amide bonds. The first kappa shape index (κ1) is 18.0. The van der Waals surface area contributed by atoms with Gasteiger partial charge in [-0.3, -0.25) is 4.57 Å². The van der Waals surface area contributed by atoms with Crippen LogP contribution in [0.25, 0.3) is 17.1 Å². The molecule has 8 heteroatoms. The smallest absolute Gasteiger partial charge is 0.205 e. The number of hydrogen-bond acceptors (Lipinski definition) is 6. The zero-order valence-corrected chi connectivity index (χ0v) is 15.1. The van der Waals surface area contributed by atoms with Crippen LogP contribution in [0.2, 0.25) is 0 Å². The highest BCUT2D eigenvalue weighted by atomic mass is 32.1. The van der Waals surface area contributed by atoms with Crippen LogP contribution in [0.5, 0.6) is 0 Å². The summed E-state index contributed by atoms with van der Waals surface area (Å²) in [6.45, 7) is -0.410. The maximum absolute atomic E-state index is 10.4. The molecule has 0 aliphatic carbocycles. The molecule has 0 unspecified atom stereocenters. The van der Waals surface area contributed by atoms with Gasteiger partial charge < -0.3 is 20.1 Å². The molecule has 3 N–H and O–H groups in total. The highest BCUT2D eigenvalue weighted by molar-refractivity contribution is 7.71. The van der Waals surface area contributed by atoms with Crippen LogP contribution < -0.4 is 0 Å². The molecule has 1 aliphatic heterocycles. The van der Waals surface area contributed by atoms with Crippen LogP contribution in [0, 0.1) is 4.77 Å². The van der Waals surface area contributed by atoms with Crippen LogP contribution in [-0.4, -0.2) is 54.6 Å². The van der Waals surface area contributed by atoms with Gasteiger partial charge in [0, 0.05) is 11.3 Å². The second-order valence-electron chi connectivity index (χ2n) is 6.32. The van der Waals surface area contributed by atoms with Crippen LogP contribution in [0.3, 0.4) is 0 Å². The first-order valence-corrected chi connectivity index (χ1v) is 8.97. The Morgan fingerprint density at radius 3 is 2.19 bits per heavy atom. The third kappa shape index (κ3) is 3.11. The molecule has 2 heterocycles. The SMILES string of the molecule is OC[C@@H]1O[C@@H](n2nc(-c3ccccc3)n(-c3ccccc3)c2=S)[C@@H](O)[C@@H]1O. The molecule has 0 saturated carbocycles. The lowest BCUT2D eigenvalue weighted by molar-refractivity contribution is -0.0594. The number of benzene rings is 2. The van der Waals surface area contributed by atoms with Crippen molar-refractivity contribution >= 4 is 12.2 Å². The summed E-state index contributed by atoms with van der Waals surface area (Å²) in [6, 6.07) is 19.1. The summed E-state index contributed by atoms with van der Waals surface area (Å²) in [5.74, 6) is 0.588. The fourth-order valence-electron chi connectivity index (χ4n) is 3.21. The number of hydrogen-bond donors (Lipinski definition) is 3. The molecular formula is C19H19N3O4S. The van der Waals surface area contributed by atoms with E-state index < -0.39 is 31.1 Å². The monoisotopic (exact) mass is 385 g/mol. The number of aliphatic hydroxyl groups is 3. The minimum atomic E-state index is -1.25. The van der Waals surface area contributed by atoms with Gasteiger partial charge in [-0.15, -0.1) is 5.10 Å². The fourth-order valence-corrected chi connectivity index (χ4v) is 3.55. The van der Waals surface area contributed by atoms with Gasteiger partial charge in [-0.1, -0.05) is 48.5 Å². The highest BCUT2D eigenvalue weighted by Crippen LogP contribution is 2.31. The van der Waals surface area contributed by atoms with Gasteiger partial charge in [-0.05, 0) is 24.4 Å². The quantitative estimate of drug-likeness (QED) is 0.592.